The van der Waals surface area contributed by atoms with Crippen LogP contribution in [0.5, 0.6) is 5.75 Å². The van der Waals surface area contributed by atoms with E-state index in [2.05, 4.69) is 4.72 Å². The van der Waals surface area contributed by atoms with Crippen LogP contribution in [-0.4, -0.2) is 15.5 Å². The van der Waals surface area contributed by atoms with Gasteiger partial charge in [0.2, 0.25) is 10.0 Å². The molecule has 0 aliphatic heterocycles. The largest absolute Gasteiger partial charge is 0.497 e. The van der Waals surface area contributed by atoms with Gasteiger partial charge in [0, 0.05) is 0 Å². The van der Waals surface area contributed by atoms with Crippen molar-refractivity contribution in [3.8, 4) is 5.75 Å². The van der Waals surface area contributed by atoms with Gasteiger partial charge in [-0.1, -0.05) is 72.8 Å². The highest BCUT2D eigenvalue weighted by Gasteiger charge is 2.23. The van der Waals surface area contributed by atoms with Crippen molar-refractivity contribution in [2.24, 2.45) is 0 Å². The van der Waals surface area contributed by atoms with Crippen molar-refractivity contribution in [3.05, 3.63) is 108 Å². The number of hydrogen-bond donors (Lipinski definition) is 1. The number of sulfonamides is 1. The molecule has 1 atom stereocenters. The molecule has 0 aromatic heterocycles. The average molecular weight is 404 g/mol. The number of ether oxygens (including phenoxy) is 1. The van der Waals surface area contributed by atoms with Crippen LogP contribution in [-0.2, 0) is 10.0 Å². The topological polar surface area (TPSA) is 55.4 Å². The second-order valence-corrected chi connectivity index (χ2v) is 8.46. The average Bonchev–Trinajstić information content (AvgIpc) is 2.78. The molecule has 0 radical (unpaired) electrons. The normalized spacial score (nSPS) is 12.6. The molecule has 146 valence electrons. The molecule has 4 rings (SSSR count). The lowest BCUT2D eigenvalue weighted by Crippen LogP contribution is -2.29. The van der Waals surface area contributed by atoms with Gasteiger partial charge in [-0.25, -0.2) is 8.42 Å². The summed E-state index contributed by atoms with van der Waals surface area (Å²) in [5, 5.41) is 1.89. The van der Waals surface area contributed by atoms with E-state index in [0.29, 0.717) is 0 Å². The quantitative estimate of drug-likeness (QED) is 0.497. The number of rotatable bonds is 6. The Bertz CT molecular complexity index is 1220. The van der Waals surface area contributed by atoms with Crippen LogP contribution < -0.4 is 9.46 Å². The SMILES string of the molecule is COc1ccc([C@H](NS(=O)(=O)c2ccc3ccccc3c2)c2ccccc2)cc1. The van der Waals surface area contributed by atoms with Gasteiger partial charge in [-0.05, 0) is 46.2 Å². The van der Waals surface area contributed by atoms with Crippen LogP contribution in [0.25, 0.3) is 10.8 Å². The predicted molar refractivity (Wildman–Crippen MR) is 116 cm³/mol. The van der Waals surface area contributed by atoms with Gasteiger partial charge in [-0.2, -0.15) is 4.72 Å². The molecule has 0 amide bonds. The Morgan fingerprint density at radius 1 is 0.724 bits per heavy atom. The van der Waals surface area contributed by atoms with Crippen LogP contribution in [0.15, 0.2) is 102 Å². The third-order valence-electron chi connectivity index (χ3n) is 4.89. The van der Waals surface area contributed by atoms with E-state index in [1.165, 1.54) is 0 Å². The third kappa shape index (κ3) is 4.16. The molecule has 4 aromatic carbocycles. The van der Waals surface area contributed by atoms with Gasteiger partial charge in [0.15, 0.2) is 0 Å². The zero-order valence-electron chi connectivity index (χ0n) is 15.9. The van der Waals surface area contributed by atoms with Crippen LogP contribution in [0.1, 0.15) is 17.2 Å². The molecule has 0 aliphatic rings. The summed E-state index contributed by atoms with van der Waals surface area (Å²) < 4.78 is 34.5. The Labute approximate surface area is 170 Å². The highest BCUT2D eigenvalue weighted by Crippen LogP contribution is 2.27. The lowest BCUT2D eigenvalue weighted by atomic mass is 10.00. The van der Waals surface area contributed by atoms with Gasteiger partial charge in [-0.3, -0.25) is 0 Å². The minimum Gasteiger partial charge on any atom is -0.497 e. The van der Waals surface area contributed by atoms with Crippen molar-refractivity contribution in [2.45, 2.75) is 10.9 Å². The highest BCUT2D eigenvalue weighted by molar-refractivity contribution is 7.89. The van der Waals surface area contributed by atoms with Gasteiger partial charge in [0.05, 0.1) is 18.0 Å². The lowest BCUT2D eigenvalue weighted by Gasteiger charge is -2.20. The summed E-state index contributed by atoms with van der Waals surface area (Å²) in [6, 6.07) is 29.3. The Morgan fingerprint density at radius 3 is 2.03 bits per heavy atom. The minimum atomic E-state index is -3.74. The molecule has 0 fully saturated rings. The van der Waals surface area contributed by atoms with Crippen molar-refractivity contribution in [1.82, 2.24) is 4.72 Å². The molecule has 0 bridgehead atoms. The number of methoxy groups -OCH3 is 1. The summed E-state index contributed by atoms with van der Waals surface area (Å²) >= 11 is 0. The van der Waals surface area contributed by atoms with Crippen LogP contribution in [0, 0.1) is 0 Å². The summed E-state index contributed by atoms with van der Waals surface area (Å²) in [6.45, 7) is 0. The zero-order valence-corrected chi connectivity index (χ0v) is 16.8. The fourth-order valence-electron chi connectivity index (χ4n) is 3.33. The summed E-state index contributed by atoms with van der Waals surface area (Å²) in [7, 11) is -2.14. The predicted octanol–water partition coefficient (Wildman–Crippen LogP) is 4.92. The maximum absolute atomic E-state index is 13.2. The van der Waals surface area contributed by atoms with E-state index in [4.69, 9.17) is 4.74 Å². The van der Waals surface area contributed by atoms with E-state index in [1.807, 2.05) is 84.9 Å². The van der Waals surface area contributed by atoms with Crippen LogP contribution >= 0.6 is 0 Å². The second kappa shape index (κ2) is 8.07. The molecule has 1 N–H and O–H groups in total. The first-order valence-electron chi connectivity index (χ1n) is 9.27. The van der Waals surface area contributed by atoms with Gasteiger partial charge in [0.1, 0.15) is 5.75 Å². The maximum atomic E-state index is 13.2. The van der Waals surface area contributed by atoms with Gasteiger partial charge < -0.3 is 4.74 Å². The second-order valence-electron chi connectivity index (χ2n) is 6.75. The Hall–Kier alpha value is -3.15. The van der Waals surface area contributed by atoms with E-state index in [-0.39, 0.29) is 4.90 Å². The number of nitrogens with one attached hydrogen (secondary N) is 1. The molecule has 4 aromatic rings. The third-order valence-corrected chi connectivity index (χ3v) is 6.31. The molecule has 0 unspecified atom stereocenters. The fourth-order valence-corrected chi connectivity index (χ4v) is 4.58. The van der Waals surface area contributed by atoms with Crippen molar-refractivity contribution in [2.75, 3.05) is 7.11 Å². The zero-order chi connectivity index (χ0) is 20.3. The first-order valence-corrected chi connectivity index (χ1v) is 10.8. The molecule has 4 nitrogen and oxygen atoms in total. The molecule has 29 heavy (non-hydrogen) atoms. The Balaban J connectivity index is 1.73. The first-order chi connectivity index (χ1) is 14.1. The molecule has 0 heterocycles. The molecule has 0 spiro atoms. The Morgan fingerprint density at radius 2 is 1.34 bits per heavy atom. The molecule has 0 saturated carbocycles. The maximum Gasteiger partial charge on any atom is 0.241 e. The monoisotopic (exact) mass is 403 g/mol. The first kappa shape index (κ1) is 19.2. The van der Waals surface area contributed by atoms with Crippen LogP contribution in [0.3, 0.4) is 0 Å². The standard InChI is InChI=1S/C24H21NO3S/c1-28-22-14-11-20(12-15-22)24(19-8-3-2-4-9-19)25-29(26,27)23-16-13-18-7-5-6-10-21(18)17-23/h2-17,24-25H,1H3/t24-/m1/s1. The van der Waals surface area contributed by atoms with Crippen LogP contribution in [0.4, 0.5) is 0 Å². The molecule has 0 saturated heterocycles. The lowest BCUT2D eigenvalue weighted by molar-refractivity contribution is 0.414. The highest BCUT2D eigenvalue weighted by atomic mass is 32.2. The summed E-state index contributed by atoms with van der Waals surface area (Å²) in [5.41, 5.74) is 1.70. The van der Waals surface area contributed by atoms with Crippen molar-refractivity contribution < 1.29 is 13.2 Å². The number of fused-ring (bicyclic) bond motifs is 1. The van der Waals surface area contributed by atoms with Crippen molar-refractivity contribution in [3.63, 3.8) is 0 Å². The molecule has 0 aliphatic carbocycles. The summed E-state index contributed by atoms with van der Waals surface area (Å²) in [5.74, 6) is 0.720. The molecule has 5 heteroatoms. The fraction of sp³-hybridized carbons (Fsp3) is 0.0833. The smallest absolute Gasteiger partial charge is 0.241 e. The van der Waals surface area contributed by atoms with E-state index in [1.54, 1.807) is 19.2 Å². The number of benzene rings is 4. The molecular formula is C24H21NO3S. The summed E-state index contributed by atoms with van der Waals surface area (Å²) in [6.07, 6.45) is 0. The Kier molecular flexibility index (Phi) is 5.34. The van der Waals surface area contributed by atoms with Crippen LogP contribution in [0.2, 0.25) is 0 Å². The van der Waals surface area contributed by atoms with E-state index >= 15 is 0 Å². The van der Waals surface area contributed by atoms with E-state index in [9.17, 15) is 8.42 Å². The van der Waals surface area contributed by atoms with E-state index < -0.39 is 16.1 Å². The molecular weight excluding hydrogens is 382 g/mol. The number of hydrogen-bond acceptors (Lipinski definition) is 3. The minimum absolute atomic E-state index is 0.241. The van der Waals surface area contributed by atoms with Crippen molar-refractivity contribution >= 4 is 20.8 Å². The van der Waals surface area contributed by atoms with Gasteiger partial charge >= 0.3 is 0 Å². The van der Waals surface area contributed by atoms with E-state index in [0.717, 1.165) is 27.6 Å². The van der Waals surface area contributed by atoms with Gasteiger partial charge in [0.25, 0.3) is 0 Å². The summed E-state index contributed by atoms with van der Waals surface area (Å²) in [4.78, 5) is 0.241. The van der Waals surface area contributed by atoms with Gasteiger partial charge in [-0.15, -0.1) is 0 Å². The van der Waals surface area contributed by atoms with Crippen molar-refractivity contribution in [1.29, 1.82) is 0 Å².